The van der Waals surface area contributed by atoms with Crippen LogP contribution in [0, 0.1) is 17.5 Å². The Morgan fingerprint density at radius 1 is 0.514 bits per heavy atom. The van der Waals surface area contributed by atoms with Crippen LogP contribution in [0.15, 0.2) is 97.1 Å². The summed E-state index contributed by atoms with van der Waals surface area (Å²) in [6.45, 7) is 0. The van der Waals surface area contributed by atoms with Gasteiger partial charge in [-0.3, -0.25) is 0 Å². The van der Waals surface area contributed by atoms with E-state index in [0.29, 0.717) is 11.6 Å². The Morgan fingerprint density at radius 3 is 1.57 bits per heavy atom. The van der Waals surface area contributed by atoms with Gasteiger partial charge in [0.15, 0.2) is 0 Å². The highest BCUT2D eigenvalue weighted by Gasteiger charge is 2.31. The lowest BCUT2D eigenvalue weighted by Crippen LogP contribution is -2.06. The molecule has 0 nitrogen and oxygen atoms in total. The fourth-order valence-electron chi connectivity index (χ4n) is 3.20. The zero-order valence-corrected chi connectivity index (χ0v) is 19.4. The van der Waals surface area contributed by atoms with Gasteiger partial charge in [0.05, 0.1) is 5.56 Å². The van der Waals surface area contributed by atoms with E-state index in [1.165, 1.54) is 47.5 Å². The van der Waals surface area contributed by atoms with Crippen LogP contribution < -0.4 is 0 Å². The molecule has 0 unspecified atom stereocenters. The summed E-state index contributed by atoms with van der Waals surface area (Å²) < 4.78 is 76.1. The Bertz CT molecular complexity index is 1190. The summed E-state index contributed by atoms with van der Waals surface area (Å²) in [5, 5.41) is 0. The van der Waals surface area contributed by atoms with Gasteiger partial charge in [0.1, 0.15) is 17.5 Å². The molecule has 0 aromatic heterocycles. The standard InChI is InChI=1S/C14H9F5.C14H13FS/c15-12-3-1-9(2-4-12)5-10-6-11(14(17,18)19)8-13(16)7-10;15-14-8-6-13(7-9-14)11-16-10-12-4-2-1-3-5-12/h1-4,6-8H,5H2;1-9H,10-11H2. The van der Waals surface area contributed by atoms with Gasteiger partial charge in [0.25, 0.3) is 0 Å². The third-order valence-corrected chi connectivity index (χ3v) is 5.97. The molecule has 0 saturated carbocycles. The van der Waals surface area contributed by atoms with Crippen LogP contribution in [0.5, 0.6) is 0 Å². The summed E-state index contributed by atoms with van der Waals surface area (Å²) in [4.78, 5) is 0. The molecule has 0 aliphatic heterocycles. The number of benzene rings is 4. The highest BCUT2D eigenvalue weighted by atomic mass is 32.2. The smallest absolute Gasteiger partial charge is 0.207 e. The van der Waals surface area contributed by atoms with Crippen molar-refractivity contribution in [3.8, 4) is 0 Å². The van der Waals surface area contributed by atoms with Gasteiger partial charge in [-0.1, -0.05) is 54.6 Å². The molecule has 0 atom stereocenters. The second-order valence-corrected chi connectivity index (χ2v) is 8.74. The van der Waals surface area contributed by atoms with Crippen LogP contribution in [0.1, 0.15) is 27.8 Å². The highest BCUT2D eigenvalue weighted by molar-refractivity contribution is 7.97. The van der Waals surface area contributed by atoms with Crippen molar-refractivity contribution in [1.82, 2.24) is 0 Å². The third kappa shape index (κ3) is 9.17. The number of rotatable bonds is 6. The first-order valence-electron chi connectivity index (χ1n) is 10.7. The Kier molecular flexibility index (Phi) is 9.43. The van der Waals surface area contributed by atoms with Crippen LogP contribution >= 0.6 is 11.8 Å². The molecule has 0 aliphatic rings. The second-order valence-electron chi connectivity index (χ2n) is 7.75. The lowest BCUT2D eigenvalue weighted by atomic mass is 10.0. The van der Waals surface area contributed by atoms with Crippen LogP contribution in [-0.2, 0) is 24.1 Å². The first-order chi connectivity index (χ1) is 16.7. The normalized spacial score (nSPS) is 11.0. The van der Waals surface area contributed by atoms with Crippen LogP contribution in [0.2, 0.25) is 0 Å². The molecule has 0 radical (unpaired) electrons. The Labute approximate surface area is 204 Å². The van der Waals surface area contributed by atoms with E-state index >= 15 is 0 Å². The largest absolute Gasteiger partial charge is 0.416 e. The van der Waals surface area contributed by atoms with Crippen molar-refractivity contribution in [3.63, 3.8) is 0 Å². The summed E-state index contributed by atoms with van der Waals surface area (Å²) in [7, 11) is 0. The number of hydrogen-bond acceptors (Lipinski definition) is 1. The molecule has 0 fully saturated rings. The Hall–Kier alpha value is -3.19. The average Bonchev–Trinajstić information content (AvgIpc) is 2.82. The van der Waals surface area contributed by atoms with E-state index in [1.54, 1.807) is 0 Å². The number of halogens is 6. The monoisotopic (exact) mass is 504 g/mol. The molecule has 4 aromatic carbocycles. The van der Waals surface area contributed by atoms with Gasteiger partial charge >= 0.3 is 6.18 Å². The fourth-order valence-corrected chi connectivity index (χ4v) is 4.15. The molecule has 4 rings (SSSR count). The summed E-state index contributed by atoms with van der Waals surface area (Å²) in [6, 6.07) is 24.8. The molecule has 0 spiro atoms. The Morgan fingerprint density at radius 2 is 1.03 bits per heavy atom. The van der Waals surface area contributed by atoms with Crippen molar-refractivity contribution in [3.05, 3.63) is 142 Å². The maximum Gasteiger partial charge on any atom is 0.416 e. The molecule has 182 valence electrons. The average molecular weight is 505 g/mol. The molecule has 0 saturated heterocycles. The minimum Gasteiger partial charge on any atom is -0.207 e. The van der Waals surface area contributed by atoms with E-state index in [9.17, 15) is 26.3 Å². The highest BCUT2D eigenvalue weighted by Crippen LogP contribution is 2.31. The molecule has 0 aliphatic carbocycles. The molecule has 4 aromatic rings. The van der Waals surface area contributed by atoms with Crippen molar-refractivity contribution in [2.24, 2.45) is 0 Å². The number of thioether (sulfide) groups is 1. The molecule has 7 heteroatoms. The fraction of sp³-hybridized carbons (Fsp3) is 0.143. The van der Waals surface area contributed by atoms with E-state index in [0.717, 1.165) is 23.6 Å². The van der Waals surface area contributed by atoms with Crippen molar-refractivity contribution in [2.45, 2.75) is 24.1 Å². The van der Waals surface area contributed by atoms with E-state index in [2.05, 4.69) is 12.1 Å². The van der Waals surface area contributed by atoms with Gasteiger partial charge in [-0.15, -0.1) is 0 Å². The number of alkyl halides is 3. The van der Waals surface area contributed by atoms with E-state index in [1.807, 2.05) is 42.1 Å². The first-order valence-corrected chi connectivity index (χ1v) is 11.8. The molecule has 0 amide bonds. The molecule has 35 heavy (non-hydrogen) atoms. The maximum absolute atomic E-state index is 13.2. The van der Waals surface area contributed by atoms with Gasteiger partial charge in [0, 0.05) is 11.5 Å². The lowest BCUT2D eigenvalue weighted by Gasteiger charge is -2.09. The van der Waals surface area contributed by atoms with E-state index in [4.69, 9.17) is 0 Å². The topological polar surface area (TPSA) is 0 Å². The predicted octanol–water partition coefficient (Wildman–Crippen LogP) is 8.83. The van der Waals surface area contributed by atoms with Crippen molar-refractivity contribution in [1.29, 1.82) is 0 Å². The summed E-state index contributed by atoms with van der Waals surface area (Å²) in [5.74, 6) is 0.385. The molecule has 0 bridgehead atoms. The van der Waals surface area contributed by atoms with E-state index < -0.39 is 23.4 Å². The quantitative estimate of drug-likeness (QED) is 0.236. The predicted molar refractivity (Wildman–Crippen MR) is 128 cm³/mol. The summed E-state index contributed by atoms with van der Waals surface area (Å²) >= 11 is 1.84. The van der Waals surface area contributed by atoms with Gasteiger partial charge in [-0.05, 0) is 71.1 Å². The van der Waals surface area contributed by atoms with Crippen LogP contribution in [0.3, 0.4) is 0 Å². The zero-order valence-electron chi connectivity index (χ0n) is 18.5. The molecule has 0 N–H and O–H groups in total. The van der Waals surface area contributed by atoms with Gasteiger partial charge in [-0.25, -0.2) is 13.2 Å². The van der Waals surface area contributed by atoms with Gasteiger partial charge < -0.3 is 0 Å². The SMILES string of the molecule is Fc1ccc(CSCc2ccccc2)cc1.Fc1ccc(Cc2cc(F)cc(C(F)(F)F)c2)cc1. The molecular formula is C28H22F6S. The summed E-state index contributed by atoms with van der Waals surface area (Å²) in [6.07, 6.45) is -4.47. The first kappa shape index (κ1) is 26.4. The molecule has 0 heterocycles. The summed E-state index contributed by atoms with van der Waals surface area (Å²) in [5.41, 5.74) is 2.28. The lowest BCUT2D eigenvalue weighted by molar-refractivity contribution is -0.137. The van der Waals surface area contributed by atoms with Crippen LogP contribution in [0.25, 0.3) is 0 Å². The van der Waals surface area contributed by atoms with Crippen molar-refractivity contribution in [2.75, 3.05) is 0 Å². The second kappa shape index (κ2) is 12.5. The van der Waals surface area contributed by atoms with E-state index in [-0.39, 0.29) is 17.8 Å². The van der Waals surface area contributed by atoms with Crippen molar-refractivity contribution < 1.29 is 26.3 Å². The van der Waals surface area contributed by atoms with Crippen LogP contribution in [-0.4, -0.2) is 0 Å². The van der Waals surface area contributed by atoms with Gasteiger partial charge in [-0.2, -0.15) is 24.9 Å². The maximum atomic E-state index is 13.2. The third-order valence-electron chi connectivity index (χ3n) is 4.90. The Balaban J connectivity index is 0.000000198. The minimum absolute atomic E-state index is 0.112. The van der Waals surface area contributed by atoms with Crippen LogP contribution in [0.4, 0.5) is 26.3 Å². The minimum atomic E-state index is -4.58. The zero-order chi connectivity index (χ0) is 25.3. The molecular weight excluding hydrogens is 482 g/mol. The van der Waals surface area contributed by atoms with Gasteiger partial charge in [0.2, 0.25) is 0 Å². The van der Waals surface area contributed by atoms with Crippen molar-refractivity contribution >= 4 is 11.8 Å². The number of hydrogen-bond donors (Lipinski definition) is 0.